The van der Waals surface area contributed by atoms with E-state index in [1.165, 1.54) is 31.2 Å². The highest BCUT2D eigenvalue weighted by atomic mass is 16.6. The lowest BCUT2D eigenvalue weighted by atomic mass is 10.2. The molecule has 7 nitrogen and oxygen atoms in total. The van der Waals surface area contributed by atoms with Crippen LogP contribution in [0.3, 0.4) is 0 Å². The van der Waals surface area contributed by atoms with Gasteiger partial charge >= 0.3 is 5.97 Å². The largest absolute Gasteiger partial charge is 0.476 e. The number of oxazole rings is 1. The number of carboxylic acid groups (broad SMARTS) is 1. The van der Waals surface area contributed by atoms with Crippen molar-refractivity contribution >= 4 is 11.7 Å². The van der Waals surface area contributed by atoms with Crippen molar-refractivity contribution in [2.45, 2.75) is 6.92 Å². The van der Waals surface area contributed by atoms with Gasteiger partial charge in [0.2, 0.25) is 5.89 Å². The molecule has 1 N–H and O–H groups in total. The number of aryl methyl sites for hydroxylation is 1. The summed E-state index contributed by atoms with van der Waals surface area (Å²) >= 11 is 0. The summed E-state index contributed by atoms with van der Waals surface area (Å²) in [7, 11) is 0. The van der Waals surface area contributed by atoms with Crippen LogP contribution in [0.25, 0.3) is 11.5 Å². The summed E-state index contributed by atoms with van der Waals surface area (Å²) in [6, 6.07) is 5.51. The van der Waals surface area contributed by atoms with Gasteiger partial charge in [0.25, 0.3) is 5.69 Å². The van der Waals surface area contributed by atoms with Crippen molar-refractivity contribution < 1.29 is 19.2 Å². The molecule has 1 aromatic heterocycles. The minimum absolute atomic E-state index is 0.0551. The first-order valence-corrected chi connectivity index (χ1v) is 4.94. The number of aromatic carboxylic acids is 1. The van der Waals surface area contributed by atoms with Crippen LogP contribution in [-0.2, 0) is 0 Å². The van der Waals surface area contributed by atoms with Gasteiger partial charge in [0.1, 0.15) is 5.76 Å². The van der Waals surface area contributed by atoms with Crippen LogP contribution in [0.15, 0.2) is 28.7 Å². The predicted molar refractivity (Wildman–Crippen MR) is 60.3 cm³/mol. The van der Waals surface area contributed by atoms with Crippen molar-refractivity contribution in [2.24, 2.45) is 0 Å². The third kappa shape index (κ3) is 2.05. The molecule has 0 radical (unpaired) electrons. The van der Waals surface area contributed by atoms with Crippen LogP contribution in [-0.4, -0.2) is 21.0 Å². The fourth-order valence-corrected chi connectivity index (χ4v) is 1.44. The lowest BCUT2D eigenvalue weighted by molar-refractivity contribution is -0.384. The maximum absolute atomic E-state index is 10.8. The third-order valence-corrected chi connectivity index (χ3v) is 2.32. The highest BCUT2D eigenvalue weighted by Gasteiger charge is 2.17. The lowest BCUT2D eigenvalue weighted by Crippen LogP contribution is -1.98. The van der Waals surface area contributed by atoms with Gasteiger partial charge in [-0.15, -0.1) is 0 Å². The third-order valence-electron chi connectivity index (χ3n) is 2.32. The highest BCUT2D eigenvalue weighted by Crippen LogP contribution is 2.23. The number of carbonyl (C=O) groups is 1. The van der Waals surface area contributed by atoms with Crippen molar-refractivity contribution in [1.82, 2.24) is 4.98 Å². The van der Waals surface area contributed by atoms with Crippen LogP contribution in [0.5, 0.6) is 0 Å². The first-order valence-electron chi connectivity index (χ1n) is 4.94. The normalized spacial score (nSPS) is 10.3. The fourth-order valence-electron chi connectivity index (χ4n) is 1.44. The molecule has 0 aliphatic heterocycles. The molecule has 0 atom stereocenters. The minimum atomic E-state index is -1.18. The number of nitro groups is 1. The Labute approximate surface area is 101 Å². The summed E-state index contributed by atoms with van der Waals surface area (Å²) in [6.07, 6.45) is 0. The molecular weight excluding hydrogens is 240 g/mol. The zero-order valence-corrected chi connectivity index (χ0v) is 9.28. The monoisotopic (exact) mass is 248 g/mol. The maximum Gasteiger partial charge on any atom is 0.358 e. The van der Waals surface area contributed by atoms with E-state index >= 15 is 0 Å². The number of non-ortho nitro benzene ring substituents is 1. The van der Waals surface area contributed by atoms with Gasteiger partial charge in [-0.3, -0.25) is 10.1 Å². The average Bonchev–Trinajstić information content (AvgIpc) is 2.71. The average molecular weight is 248 g/mol. The maximum atomic E-state index is 10.8. The molecule has 0 saturated carbocycles. The molecule has 18 heavy (non-hydrogen) atoms. The van der Waals surface area contributed by atoms with Gasteiger partial charge in [0, 0.05) is 17.7 Å². The quantitative estimate of drug-likeness (QED) is 0.659. The second kappa shape index (κ2) is 4.28. The predicted octanol–water partition coefficient (Wildman–Crippen LogP) is 2.26. The van der Waals surface area contributed by atoms with Crippen molar-refractivity contribution in [2.75, 3.05) is 0 Å². The number of rotatable bonds is 3. The topological polar surface area (TPSA) is 106 Å². The molecular formula is C11H8N2O5. The lowest BCUT2D eigenvalue weighted by Gasteiger charge is -1.94. The molecule has 0 aliphatic carbocycles. The molecule has 7 heteroatoms. The van der Waals surface area contributed by atoms with Gasteiger partial charge in [-0.05, 0) is 19.1 Å². The Morgan fingerprint density at radius 2 is 2.00 bits per heavy atom. The SMILES string of the molecule is Cc1oc(-c2ccc([N+](=O)[O-])cc2)nc1C(=O)O. The molecule has 1 aromatic carbocycles. The number of benzene rings is 1. The number of hydrogen-bond acceptors (Lipinski definition) is 5. The van der Waals surface area contributed by atoms with Crippen LogP contribution < -0.4 is 0 Å². The second-order valence-electron chi connectivity index (χ2n) is 3.53. The Balaban J connectivity index is 2.40. The zero-order chi connectivity index (χ0) is 13.3. The van der Waals surface area contributed by atoms with E-state index in [0.29, 0.717) is 5.56 Å². The van der Waals surface area contributed by atoms with E-state index in [4.69, 9.17) is 9.52 Å². The molecule has 0 saturated heterocycles. The van der Waals surface area contributed by atoms with E-state index in [9.17, 15) is 14.9 Å². The van der Waals surface area contributed by atoms with E-state index in [1.807, 2.05) is 0 Å². The summed E-state index contributed by atoms with van der Waals surface area (Å²) in [5.74, 6) is -0.861. The first-order chi connectivity index (χ1) is 8.49. The van der Waals surface area contributed by atoms with Gasteiger partial charge < -0.3 is 9.52 Å². The van der Waals surface area contributed by atoms with Crippen molar-refractivity contribution in [3.63, 3.8) is 0 Å². The second-order valence-corrected chi connectivity index (χ2v) is 3.53. The van der Waals surface area contributed by atoms with Crippen molar-refractivity contribution in [3.05, 3.63) is 45.8 Å². The fraction of sp³-hybridized carbons (Fsp3) is 0.0909. The summed E-state index contributed by atoms with van der Waals surface area (Å²) < 4.78 is 5.20. The number of nitro benzene ring substituents is 1. The Hall–Kier alpha value is -2.70. The number of nitrogens with zero attached hydrogens (tertiary/aromatic N) is 2. The summed E-state index contributed by atoms with van der Waals surface area (Å²) in [5.41, 5.74) is 0.264. The minimum Gasteiger partial charge on any atom is -0.476 e. The Bertz CT molecular complexity index is 615. The van der Waals surface area contributed by atoms with E-state index in [2.05, 4.69) is 4.98 Å². The van der Waals surface area contributed by atoms with Gasteiger partial charge in [-0.2, -0.15) is 0 Å². The molecule has 92 valence electrons. The number of aromatic nitrogens is 1. The van der Waals surface area contributed by atoms with Crippen molar-refractivity contribution in [1.29, 1.82) is 0 Å². The number of hydrogen-bond donors (Lipinski definition) is 1. The van der Waals surface area contributed by atoms with Gasteiger partial charge in [0.05, 0.1) is 4.92 Å². The molecule has 0 amide bonds. The van der Waals surface area contributed by atoms with Gasteiger partial charge in [-0.1, -0.05) is 0 Å². The molecule has 0 unspecified atom stereocenters. The van der Waals surface area contributed by atoms with Crippen LogP contribution in [0, 0.1) is 17.0 Å². The van der Waals surface area contributed by atoms with Crippen molar-refractivity contribution in [3.8, 4) is 11.5 Å². The number of carboxylic acids is 1. The summed E-state index contributed by atoms with van der Waals surface area (Å²) in [6.45, 7) is 1.49. The Morgan fingerprint density at radius 1 is 1.39 bits per heavy atom. The summed E-state index contributed by atoms with van der Waals surface area (Å²) in [4.78, 5) is 24.6. The van der Waals surface area contributed by atoms with Crippen LogP contribution in [0.2, 0.25) is 0 Å². The molecule has 2 aromatic rings. The van der Waals surface area contributed by atoms with E-state index < -0.39 is 10.9 Å². The van der Waals surface area contributed by atoms with Crippen LogP contribution >= 0.6 is 0 Å². The summed E-state index contributed by atoms with van der Waals surface area (Å²) in [5, 5.41) is 19.3. The molecule has 2 rings (SSSR count). The van der Waals surface area contributed by atoms with E-state index in [-0.39, 0.29) is 23.0 Å². The molecule has 0 aliphatic rings. The van der Waals surface area contributed by atoms with Crippen LogP contribution in [0.4, 0.5) is 5.69 Å². The first kappa shape index (κ1) is 11.8. The molecule has 0 spiro atoms. The van der Waals surface area contributed by atoms with E-state index in [1.54, 1.807) is 0 Å². The van der Waals surface area contributed by atoms with Gasteiger partial charge in [0.15, 0.2) is 5.69 Å². The highest BCUT2D eigenvalue weighted by molar-refractivity contribution is 5.87. The van der Waals surface area contributed by atoms with Gasteiger partial charge in [-0.25, -0.2) is 9.78 Å². The van der Waals surface area contributed by atoms with E-state index in [0.717, 1.165) is 0 Å². The Kier molecular flexibility index (Phi) is 2.80. The molecule has 0 bridgehead atoms. The van der Waals surface area contributed by atoms with Crippen LogP contribution in [0.1, 0.15) is 16.2 Å². The Morgan fingerprint density at radius 3 is 2.44 bits per heavy atom. The standard InChI is InChI=1S/C11H8N2O5/c1-6-9(11(14)15)12-10(18-6)7-2-4-8(5-3-7)13(16)17/h2-5H,1H3,(H,14,15). The smallest absolute Gasteiger partial charge is 0.358 e. The zero-order valence-electron chi connectivity index (χ0n) is 9.28. The molecule has 0 fully saturated rings. The molecule has 1 heterocycles.